The molecule has 1 aliphatic carbocycles. The van der Waals surface area contributed by atoms with Gasteiger partial charge in [-0.05, 0) is 25.0 Å². The number of nitrogens with zero attached hydrogens (tertiary/aromatic N) is 5. The minimum absolute atomic E-state index is 0.204. The number of methoxy groups -OCH3 is 1. The van der Waals surface area contributed by atoms with Gasteiger partial charge in [0.25, 0.3) is 5.89 Å². The maximum atomic E-state index is 11.5. The fourth-order valence-corrected chi connectivity index (χ4v) is 4.79. The van der Waals surface area contributed by atoms with Crippen molar-refractivity contribution >= 4 is 17.0 Å². The smallest absolute Gasteiger partial charge is 0.409 e. The van der Waals surface area contributed by atoms with Crippen molar-refractivity contribution in [1.82, 2.24) is 24.8 Å². The molecule has 6 rings (SSSR count). The minimum atomic E-state index is -0.246. The van der Waals surface area contributed by atoms with Gasteiger partial charge in [0, 0.05) is 35.4 Å². The summed E-state index contributed by atoms with van der Waals surface area (Å²) in [5.74, 6) is 1.57. The molecule has 1 amide bonds. The number of hydrogen-bond acceptors (Lipinski definition) is 7. The Morgan fingerprint density at radius 3 is 2.83 bits per heavy atom. The second-order valence-corrected chi connectivity index (χ2v) is 8.44. The summed E-state index contributed by atoms with van der Waals surface area (Å²) in [7, 11) is 1.42. The topological polar surface area (TPSA) is 95.5 Å². The molecule has 150 valence electrons. The van der Waals surface area contributed by atoms with Crippen LogP contribution >= 0.6 is 0 Å². The number of carbonyl (C=O) groups is 1. The van der Waals surface area contributed by atoms with Crippen molar-refractivity contribution in [3.05, 3.63) is 30.2 Å². The molecule has 0 atom stereocenters. The Morgan fingerprint density at radius 1 is 1.28 bits per heavy atom. The van der Waals surface area contributed by atoms with E-state index in [2.05, 4.69) is 21.3 Å². The van der Waals surface area contributed by atoms with E-state index in [0.29, 0.717) is 25.1 Å². The molecule has 1 spiro atoms. The Bertz CT molecular complexity index is 1090. The molecule has 3 aliphatic rings. The van der Waals surface area contributed by atoms with Crippen molar-refractivity contribution in [3.8, 4) is 11.5 Å². The Kier molecular flexibility index (Phi) is 3.53. The molecular weight excluding hydrogens is 374 g/mol. The summed E-state index contributed by atoms with van der Waals surface area (Å²) in [5.41, 5.74) is 2.15. The van der Waals surface area contributed by atoms with Gasteiger partial charge in [0.1, 0.15) is 0 Å². The number of hydrogen-bond donors (Lipinski definition) is 0. The number of amides is 1. The highest BCUT2D eigenvalue weighted by Crippen LogP contribution is 2.55. The molecule has 9 nitrogen and oxygen atoms in total. The number of aromatic nitrogens is 4. The molecule has 0 bridgehead atoms. The van der Waals surface area contributed by atoms with Crippen molar-refractivity contribution in [3.63, 3.8) is 0 Å². The van der Waals surface area contributed by atoms with Crippen LogP contribution in [0.3, 0.4) is 0 Å². The number of benzene rings is 1. The van der Waals surface area contributed by atoms with Crippen LogP contribution in [0.5, 0.6) is 0 Å². The van der Waals surface area contributed by atoms with Gasteiger partial charge >= 0.3 is 6.09 Å². The third kappa shape index (κ3) is 2.57. The normalized spacial score (nSPS) is 21.1. The summed E-state index contributed by atoms with van der Waals surface area (Å²) in [6, 6.07) is 6.37. The Balaban J connectivity index is 1.18. The maximum absolute atomic E-state index is 11.5. The Labute approximate surface area is 166 Å². The number of likely N-dealkylation sites (tertiary alicyclic amines) is 1. The first-order chi connectivity index (χ1) is 14.1. The lowest BCUT2D eigenvalue weighted by atomic mass is 9.57. The largest absolute Gasteiger partial charge is 0.453 e. The molecule has 9 heteroatoms. The van der Waals surface area contributed by atoms with Crippen LogP contribution in [0.15, 0.2) is 28.9 Å². The van der Waals surface area contributed by atoms with E-state index in [4.69, 9.17) is 14.0 Å². The monoisotopic (exact) mass is 395 g/mol. The average Bonchev–Trinajstić information content (AvgIpc) is 3.25. The van der Waals surface area contributed by atoms with Crippen molar-refractivity contribution in [2.75, 3.05) is 33.4 Å². The molecular formula is C20H21N5O4. The third-order valence-electron chi connectivity index (χ3n) is 6.46. The zero-order valence-corrected chi connectivity index (χ0v) is 16.1. The van der Waals surface area contributed by atoms with Crippen LogP contribution < -0.4 is 0 Å². The van der Waals surface area contributed by atoms with Crippen molar-refractivity contribution in [1.29, 1.82) is 0 Å². The Morgan fingerprint density at radius 2 is 2.10 bits per heavy atom. The first-order valence-electron chi connectivity index (χ1n) is 9.86. The second kappa shape index (κ2) is 6.03. The third-order valence-corrected chi connectivity index (χ3v) is 6.46. The van der Waals surface area contributed by atoms with Gasteiger partial charge in [0.2, 0.25) is 0 Å². The number of carbonyl (C=O) groups excluding carboxylic acids is 1. The van der Waals surface area contributed by atoms with Crippen LogP contribution in [0, 0.1) is 5.41 Å². The highest BCUT2D eigenvalue weighted by molar-refractivity contribution is 5.83. The van der Waals surface area contributed by atoms with Crippen LogP contribution in [-0.4, -0.2) is 64.3 Å². The molecule has 2 aromatic heterocycles. The Hall–Kier alpha value is -2.94. The average molecular weight is 395 g/mol. The van der Waals surface area contributed by atoms with Crippen LogP contribution in [-0.2, 0) is 9.47 Å². The molecule has 1 saturated carbocycles. The predicted octanol–water partition coefficient (Wildman–Crippen LogP) is 2.60. The number of ether oxygens (including phenoxy) is 2. The zero-order chi connectivity index (χ0) is 19.6. The van der Waals surface area contributed by atoms with Gasteiger partial charge in [-0.25, -0.2) is 4.79 Å². The van der Waals surface area contributed by atoms with E-state index in [-0.39, 0.29) is 17.4 Å². The number of rotatable bonds is 3. The van der Waals surface area contributed by atoms with E-state index in [1.807, 2.05) is 23.0 Å². The van der Waals surface area contributed by atoms with E-state index in [0.717, 1.165) is 48.2 Å². The van der Waals surface area contributed by atoms with Gasteiger partial charge in [0.05, 0.1) is 38.1 Å². The molecule has 0 N–H and O–H groups in total. The standard InChI is InChI=1S/C20H21N5O4/c1-27-19(26)24-10-20(11-24)5-14(6-20)17-22-18(29-23-17)12-2-3-13-7-21-25(16(13)4-12)15-8-28-9-15/h2-4,7,14-15H,5-6,8-11H2,1H3. The highest BCUT2D eigenvalue weighted by Gasteiger charge is 2.55. The van der Waals surface area contributed by atoms with Crippen molar-refractivity contribution in [2.24, 2.45) is 5.41 Å². The molecule has 29 heavy (non-hydrogen) atoms. The maximum Gasteiger partial charge on any atom is 0.409 e. The van der Waals surface area contributed by atoms with Gasteiger partial charge in [-0.2, -0.15) is 10.1 Å². The van der Waals surface area contributed by atoms with Crippen LogP contribution in [0.2, 0.25) is 0 Å². The van der Waals surface area contributed by atoms with Crippen molar-refractivity contribution < 1.29 is 18.8 Å². The lowest BCUT2D eigenvalue weighted by Crippen LogP contribution is -2.63. The molecule has 1 aromatic carbocycles. The van der Waals surface area contributed by atoms with Gasteiger partial charge in [0.15, 0.2) is 5.82 Å². The molecule has 4 heterocycles. The van der Waals surface area contributed by atoms with Gasteiger partial charge in [-0.1, -0.05) is 11.2 Å². The van der Waals surface area contributed by atoms with E-state index in [1.165, 1.54) is 7.11 Å². The van der Waals surface area contributed by atoms with Crippen LogP contribution in [0.25, 0.3) is 22.4 Å². The van der Waals surface area contributed by atoms with Crippen LogP contribution in [0.1, 0.15) is 30.6 Å². The minimum Gasteiger partial charge on any atom is -0.453 e. The highest BCUT2D eigenvalue weighted by atomic mass is 16.5. The summed E-state index contributed by atoms with van der Waals surface area (Å²) in [6.45, 7) is 2.91. The predicted molar refractivity (Wildman–Crippen MR) is 101 cm³/mol. The van der Waals surface area contributed by atoms with Crippen molar-refractivity contribution in [2.45, 2.75) is 24.8 Å². The van der Waals surface area contributed by atoms with Gasteiger partial charge in [-0.3, -0.25) is 4.68 Å². The summed E-state index contributed by atoms with van der Waals surface area (Å²) >= 11 is 0. The second-order valence-electron chi connectivity index (χ2n) is 8.44. The summed E-state index contributed by atoms with van der Waals surface area (Å²) in [5, 5.41) is 9.81. The summed E-state index contributed by atoms with van der Waals surface area (Å²) in [6.07, 6.45) is 3.59. The fourth-order valence-electron chi connectivity index (χ4n) is 4.79. The molecule has 3 fully saturated rings. The van der Waals surface area contributed by atoms with Gasteiger partial charge < -0.3 is 18.9 Å². The van der Waals surface area contributed by atoms with E-state index >= 15 is 0 Å². The zero-order valence-electron chi connectivity index (χ0n) is 16.1. The van der Waals surface area contributed by atoms with E-state index in [1.54, 1.807) is 4.90 Å². The fraction of sp³-hybridized carbons (Fsp3) is 0.500. The SMILES string of the molecule is COC(=O)N1CC2(CC(c3noc(-c4ccc5cnn(C6COC6)c5c4)n3)C2)C1. The van der Waals surface area contributed by atoms with E-state index < -0.39 is 0 Å². The molecule has 2 saturated heterocycles. The molecule has 2 aliphatic heterocycles. The summed E-state index contributed by atoms with van der Waals surface area (Å²) in [4.78, 5) is 17.9. The van der Waals surface area contributed by atoms with Gasteiger partial charge in [-0.15, -0.1) is 0 Å². The molecule has 3 aromatic rings. The van der Waals surface area contributed by atoms with E-state index in [9.17, 15) is 4.79 Å². The quantitative estimate of drug-likeness (QED) is 0.673. The lowest BCUT2D eigenvalue weighted by molar-refractivity contribution is -0.0634. The first kappa shape index (κ1) is 17.0. The van der Waals surface area contributed by atoms with Crippen LogP contribution in [0.4, 0.5) is 4.79 Å². The summed E-state index contributed by atoms with van der Waals surface area (Å²) < 4.78 is 17.7. The first-order valence-corrected chi connectivity index (χ1v) is 9.86. The lowest BCUT2D eigenvalue weighted by Gasteiger charge is -2.57. The molecule has 0 unspecified atom stereocenters. The number of fused-ring (bicyclic) bond motifs is 1. The molecule has 0 radical (unpaired) electrons.